The second-order valence-corrected chi connectivity index (χ2v) is 7.93. The lowest BCUT2D eigenvalue weighted by atomic mass is 10.0. The van der Waals surface area contributed by atoms with Gasteiger partial charge in [0.1, 0.15) is 17.6 Å². The van der Waals surface area contributed by atoms with Gasteiger partial charge in [-0.05, 0) is 50.3 Å². The van der Waals surface area contributed by atoms with Crippen LogP contribution in [0.25, 0.3) is 0 Å². The first-order valence-electron chi connectivity index (χ1n) is 10.7. The molecule has 28 heavy (non-hydrogen) atoms. The maximum atomic E-state index is 12.7. The highest BCUT2D eigenvalue weighted by molar-refractivity contribution is 5.97. The Labute approximate surface area is 168 Å². The van der Waals surface area contributed by atoms with Gasteiger partial charge in [0.15, 0.2) is 0 Å². The number of hydrogen-bond acceptors (Lipinski definition) is 5. The molecule has 6 nitrogen and oxygen atoms in total. The van der Waals surface area contributed by atoms with Gasteiger partial charge in [0.2, 0.25) is 0 Å². The van der Waals surface area contributed by atoms with Crippen molar-refractivity contribution in [2.75, 3.05) is 26.7 Å². The van der Waals surface area contributed by atoms with E-state index in [4.69, 9.17) is 9.47 Å². The van der Waals surface area contributed by atoms with Crippen molar-refractivity contribution in [1.29, 1.82) is 0 Å². The summed E-state index contributed by atoms with van der Waals surface area (Å²) in [6.45, 7) is 4.24. The SMILES string of the molecule is CC[C@H](O)CNC(=O)c1cc(OC)ccc1OC1CCN(C2CCCC2)CC1. The topological polar surface area (TPSA) is 71.0 Å². The number of methoxy groups -OCH3 is 1. The lowest BCUT2D eigenvalue weighted by Crippen LogP contribution is -2.43. The third-order valence-electron chi connectivity index (χ3n) is 6.01. The van der Waals surface area contributed by atoms with E-state index in [9.17, 15) is 9.90 Å². The first-order valence-corrected chi connectivity index (χ1v) is 10.7. The molecule has 1 aromatic rings. The van der Waals surface area contributed by atoms with Crippen molar-refractivity contribution >= 4 is 5.91 Å². The molecule has 156 valence electrons. The van der Waals surface area contributed by atoms with E-state index in [0.29, 0.717) is 23.5 Å². The number of benzene rings is 1. The number of ether oxygens (including phenoxy) is 2. The minimum absolute atomic E-state index is 0.124. The third kappa shape index (κ3) is 5.39. The number of carbonyl (C=O) groups is 1. The quantitative estimate of drug-likeness (QED) is 0.714. The van der Waals surface area contributed by atoms with Crippen LogP contribution in [-0.4, -0.2) is 60.9 Å². The van der Waals surface area contributed by atoms with E-state index in [2.05, 4.69) is 10.2 Å². The van der Waals surface area contributed by atoms with Gasteiger partial charge >= 0.3 is 0 Å². The second-order valence-electron chi connectivity index (χ2n) is 7.93. The molecule has 0 spiro atoms. The molecule has 3 rings (SSSR count). The predicted molar refractivity (Wildman–Crippen MR) is 109 cm³/mol. The summed E-state index contributed by atoms with van der Waals surface area (Å²) in [5.74, 6) is 0.956. The highest BCUT2D eigenvalue weighted by Gasteiger charge is 2.28. The number of aliphatic hydroxyl groups excluding tert-OH is 1. The molecule has 1 aromatic carbocycles. The van der Waals surface area contributed by atoms with E-state index in [1.807, 2.05) is 19.1 Å². The third-order valence-corrected chi connectivity index (χ3v) is 6.01. The molecule has 0 radical (unpaired) electrons. The van der Waals surface area contributed by atoms with E-state index in [1.54, 1.807) is 13.2 Å². The van der Waals surface area contributed by atoms with Crippen LogP contribution >= 0.6 is 0 Å². The van der Waals surface area contributed by atoms with Crippen LogP contribution in [0.15, 0.2) is 18.2 Å². The van der Waals surface area contributed by atoms with Gasteiger partial charge in [-0.15, -0.1) is 0 Å². The van der Waals surface area contributed by atoms with Crippen molar-refractivity contribution in [3.8, 4) is 11.5 Å². The summed E-state index contributed by atoms with van der Waals surface area (Å²) in [5.41, 5.74) is 0.459. The number of carbonyl (C=O) groups excluding carboxylic acids is 1. The molecule has 1 heterocycles. The molecular formula is C22H34N2O4. The van der Waals surface area contributed by atoms with Gasteiger partial charge in [-0.3, -0.25) is 4.79 Å². The van der Waals surface area contributed by atoms with Crippen molar-refractivity contribution in [2.45, 2.75) is 70.1 Å². The summed E-state index contributed by atoms with van der Waals surface area (Å²) in [7, 11) is 1.58. The standard InChI is InChI=1S/C22H34N2O4/c1-3-17(25)15-23-22(26)20-14-19(27-2)8-9-21(20)28-18-10-12-24(13-11-18)16-6-4-5-7-16/h8-9,14,16-18,25H,3-7,10-13,15H2,1-2H3,(H,23,26)/t17-/m0/s1. The van der Waals surface area contributed by atoms with E-state index in [0.717, 1.165) is 32.0 Å². The van der Waals surface area contributed by atoms with Crippen LogP contribution in [0.1, 0.15) is 62.2 Å². The molecule has 2 N–H and O–H groups in total. The number of nitrogens with zero attached hydrogens (tertiary/aromatic N) is 1. The molecule has 1 aliphatic carbocycles. The fraction of sp³-hybridized carbons (Fsp3) is 0.682. The van der Waals surface area contributed by atoms with Crippen LogP contribution in [0.5, 0.6) is 11.5 Å². The minimum atomic E-state index is -0.543. The van der Waals surface area contributed by atoms with E-state index in [-0.39, 0.29) is 18.6 Å². The molecule has 0 aromatic heterocycles. The van der Waals surface area contributed by atoms with Crippen LogP contribution in [0, 0.1) is 0 Å². The maximum absolute atomic E-state index is 12.7. The Morgan fingerprint density at radius 2 is 1.96 bits per heavy atom. The van der Waals surface area contributed by atoms with Crippen molar-refractivity contribution in [1.82, 2.24) is 10.2 Å². The Bertz CT molecular complexity index is 637. The zero-order chi connectivity index (χ0) is 19.9. The average molecular weight is 391 g/mol. The molecule has 0 bridgehead atoms. The number of nitrogens with one attached hydrogen (secondary N) is 1. The fourth-order valence-electron chi connectivity index (χ4n) is 4.17. The highest BCUT2D eigenvalue weighted by Crippen LogP contribution is 2.30. The second kappa shape index (κ2) is 10.1. The number of aliphatic hydroxyl groups is 1. The molecule has 1 atom stereocenters. The lowest BCUT2D eigenvalue weighted by Gasteiger charge is -2.36. The Kier molecular flexibility index (Phi) is 7.57. The van der Waals surface area contributed by atoms with Gasteiger partial charge in [-0.1, -0.05) is 19.8 Å². The summed E-state index contributed by atoms with van der Waals surface area (Å²) >= 11 is 0. The van der Waals surface area contributed by atoms with Gasteiger partial charge in [0, 0.05) is 25.7 Å². The molecule has 1 saturated heterocycles. The van der Waals surface area contributed by atoms with Crippen molar-refractivity contribution in [3.05, 3.63) is 23.8 Å². The monoisotopic (exact) mass is 390 g/mol. The molecule has 2 aliphatic rings. The largest absolute Gasteiger partial charge is 0.497 e. The molecule has 6 heteroatoms. The first kappa shape index (κ1) is 20.9. The number of piperidine rings is 1. The number of rotatable bonds is 8. The van der Waals surface area contributed by atoms with Gasteiger partial charge in [-0.25, -0.2) is 0 Å². The van der Waals surface area contributed by atoms with Crippen molar-refractivity contribution in [3.63, 3.8) is 0 Å². The van der Waals surface area contributed by atoms with Gasteiger partial charge < -0.3 is 24.8 Å². The summed E-state index contributed by atoms with van der Waals surface area (Å²) in [4.78, 5) is 15.3. The van der Waals surface area contributed by atoms with Crippen LogP contribution in [0.4, 0.5) is 0 Å². The molecule has 1 aliphatic heterocycles. The highest BCUT2D eigenvalue weighted by atomic mass is 16.5. The van der Waals surface area contributed by atoms with Crippen molar-refractivity contribution in [2.24, 2.45) is 0 Å². The van der Waals surface area contributed by atoms with Gasteiger partial charge in [0.05, 0.1) is 18.8 Å². The number of likely N-dealkylation sites (tertiary alicyclic amines) is 1. The summed E-state index contributed by atoms with van der Waals surface area (Å²) in [5, 5.41) is 12.5. The molecule has 0 unspecified atom stereocenters. The normalized spacial score (nSPS) is 20.1. The Morgan fingerprint density at radius 3 is 2.61 bits per heavy atom. The zero-order valence-corrected chi connectivity index (χ0v) is 17.2. The van der Waals surface area contributed by atoms with Crippen LogP contribution in [0.3, 0.4) is 0 Å². The number of hydrogen-bond donors (Lipinski definition) is 2. The maximum Gasteiger partial charge on any atom is 0.255 e. The molecule has 1 saturated carbocycles. The molecule has 2 fully saturated rings. The van der Waals surface area contributed by atoms with Gasteiger partial charge in [0.25, 0.3) is 5.91 Å². The van der Waals surface area contributed by atoms with Crippen molar-refractivity contribution < 1.29 is 19.4 Å². The Hall–Kier alpha value is -1.79. The lowest BCUT2D eigenvalue weighted by molar-refractivity contribution is 0.0746. The van der Waals surface area contributed by atoms with Crippen LogP contribution in [0.2, 0.25) is 0 Å². The smallest absolute Gasteiger partial charge is 0.255 e. The molecule has 1 amide bonds. The van der Waals surface area contributed by atoms with Crippen LogP contribution < -0.4 is 14.8 Å². The van der Waals surface area contributed by atoms with Crippen LogP contribution in [-0.2, 0) is 0 Å². The molecular weight excluding hydrogens is 356 g/mol. The van der Waals surface area contributed by atoms with E-state index >= 15 is 0 Å². The zero-order valence-electron chi connectivity index (χ0n) is 17.2. The van der Waals surface area contributed by atoms with Gasteiger partial charge in [-0.2, -0.15) is 0 Å². The summed E-state index contributed by atoms with van der Waals surface area (Å²) in [6, 6.07) is 6.10. The van der Waals surface area contributed by atoms with E-state index < -0.39 is 6.10 Å². The fourth-order valence-corrected chi connectivity index (χ4v) is 4.17. The predicted octanol–water partition coefficient (Wildman–Crippen LogP) is 2.98. The Morgan fingerprint density at radius 1 is 1.25 bits per heavy atom. The summed E-state index contributed by atoms with van der Waals surface area (Å²) < 4.78 is 11.5. The van der Waals surface area contributed by atoms with E-state index in [1.165, 1.54) is 25.7 Å². The number of amides is 1. The Balaban J connectivity index is 1.62. The average Bonchev–Trinajstić information content (AvgIpc) is 3.27. The summed E-state index contributed by atoms with van der Waals surface area (Å²) in [6.07, 6.45) is 7.53. The first-order chi connectivity index (χ1) is 13.6. The minimum Gasteiger partial charge on any atom is -0.497 e.